The number of aliphatic hydroxyl groups excluding tert-OH is 1. The van der Waals surface area contributed by atoms with Crippen molar-refractivity contribution >= 4 is 29.3 Å². The van der Waals surface area contributed by atoms with Gasteiger partial charge in [-0.1, -0.05) is 35.3 Å². The molecule has 0 aliphatic carbocycles. The zero-order chi connectivity index (χ0) is 10.7. The molecule has 0 aliphatic heterocycles. The molecule has 1 rings (SSSR count). The number of hydrogen-bond donors (Lipinski definition) is 1. The first kappa shape index (κ1) is 11.6. The monoisotopic (exact) mass is 230 g/mol. The van der Waals surface area contributed by atoms with E-state index in [1.54, 1.807) is 19.1 Å². The molecule has 0 saturated carbocycles. The van der Waals surface area contributed by atoms with Crippen LogP contribution in [0.25, 0.3) is 6.08 Å². The van der Waals surface area contributed by atoms with Crippen molar-refractivity contribution in [3.05, 3.63) is 39.4 Å². The Balaban J connectivity index is 3.03. The topological polar surface area (TPSA) is 20.2 Å². The normalized spacial score (nSPS) is 14.2. The molecular weight excluding hydrogens is 219 g/mol. The Labute approximate surface area is 94.0 Å². The van der Waals surface area contributed by atoms with Gasteiger partial charge in [-0.15, -0.1) is 0 Å². The van der Waals surface area contributed by atoms with Gasteiger partial charge in [-0.2, -0.15) is 0 Å². The van der Waals surface area contributed by atoms with Crippen LogP contribution < -0.4 is 0 Å². The second-order valence-electron chi connectivity index (χ2n) is 3.23. The highest BCUT2D eigenvalue weighted by molar-refractivity contribution is 6.35. The molecule has 0 bridgehead atoms. The third kappa shape index (κ3) is 3.02. The number of halogens is 2. The van der Waals surface area contributed by atoms with Gasteiger partial charge in [-0.05, 0) is 37.1 Å². The predicted molar refractivity (Wildman–Crippen MR) is 61.8 cm³/mol. The zero-order valence-electron chi connectivity index (χ0n) is 8.09. The van der Waals surface area contributed by atoms with Crippen LogP contribution in [0.3, 0.4) is 0 Å². The predicted octanol–water partition coefficient (Wildman–Crippen LogP) is 3.78. The van der Waals surface area contributed by atoms with Gasteiger partial charge in [-0.25, -0.2) is 0 Å². The lowest BCUT2D eigenvalue weighted by atomic mass is 10.1. The molecule has 1 aromatic carbocycles. The molecule has 1 nitrogen and oxygen atoms in total. The summed E-state index contributed by atoms with van der Waals surface area (Å²) in [5.41, 5.74) is 1.74. The second kappa shape index (κ2) is 4.83. The second-order valence-corrected chi connectivity index (χ2v) is 4.07. The Morgan fingerprint density at radius 3 is 2.57 bits per heavy atom. The van der Waals surface area contributed by atoms with Crippen LogP contribution >= 0.6 is 23.2 Å². The van der Waals surface area contributed by atoms with E-state index in [1.165, 1.54) is 0 Å². The third-order valence-corrected chi connectivity index (χ3v) is 2.57. The van der Waals surface area contributed by atoms with Gasteiger partial charge in [0.05, 0.1) is 6.10 Å². The fourth-order valence-corrected chi connectivity index (χ4v) is 1.45. The molecule has 0 amide bonds. The Kier molecular flexibility index (Phi) is 3.99. The molecule has 0 fully saturated rings. The molecule has 0 heterocycles. The smallest absolute Gasteiger partial charge is 0.0722 e. The first-order valence-electron chi connectivity index (χ1n) is 4.32. The highest BCUT2D eigenvalue weighted by Gasteiger charge is 2.02. The summed E-state index contributed by atoms with van der Waals surface area (Å²) >= 11 is 11.7. The maximum atomic E-state index is 9.29. The number of benzene rings is 1. The van der Waals surface area contributed by atoms with E-state index in [-0.39, 0.29) is 0 Å². The minimum absolute atomic E-state index is 0.457. The van der Waals surface area contributed by atoms with Gasteiger partial charge >= 0.3 is 0 Å². The van der Waals surface area contributed by atoms with Crippen LogP contribution in [0.2, 0.25) is 10.0 Å². The van der Waals surface area contributed by atoms with Crippen LogP contribution in [0.5, 0.6) is 0 Å². The van der Waals surface area contributed by atoms with E-state index in [0.29, 0.717) is 10.0 Å². The van der Waals surface area contributed by atoms with Crippen molar-refractivity contribution < 1.29 is 5.11 Å². The van der Waals surface area contributed by atoms with Crippen LogP contribution in [-0.4, -0.2) is 11.2 Å². The molecule has 76 valence electrons. The quantitative estimate of drug-likeness (QED) is 0.821. The summed E-state index contributed by atoms with van der Waals surface area (Å²) < 4.78 is 0. The largest absolute Gasteiger partial charge is 0.389 e. The number of hydrogen-bond acceptors (Lipinski definition) is 1. The third-order valence-electron chi connectivity index (χ3n) is 2.00. The first-order chi connectivity index (χ1) is 6.50. The average molecular weight is 231 g/mol. The standard InChI is InChI=1S/C11H12Cl2O/c1-7(8(2)14)5-9-3-4-10(12)6-11(9)13/h3-6,8,14H,1-2H3/b7-5+. The van der Waals surface area contributed by atoms with Crippen LogP contribution in [0.1, 0.15) is 19.4 Å². The molecule has 0 aliphatic rings. The van der Waals surface area contributed by atoms with Crippen molar-refractivity contribution in [3.8, 4) is 0 Å². The minimum atomic E-state index is -0.457. The van der Waals surface area contributed by atoms with E-state index in [4.69, 9.17) is 23.2 Å². The molecule has 3 heteroatoms. The SMILES string of the molecule is C/C(=C\c1ccc(Cl)cc1Cl)C(C)O. The van der Waals surface area contributed by atoms with E-state index < -0.39 is 6.10 Å². The fourth-order valence-electron chi connectivity index (χ4n) is 0.984. The molecular formula is C11H12Cl2O. The Morgan fingerprint density at radius 2 is 2.07 bits per heavy atom. The summed E-state index contributed by atoms with van der Waals surface area (Å²) in [6.07, 6.45) is 1.39. The zero-order valence-corrected chi connectivity index (χ0v) is 9.60. The summed E-state index contributed by atoms with van der Waals surface area (Å²) in [5.74, 6) is 0. The van der Waals surface area contributed by atoms with Crippen LogP contribution in [0.4, 0.5) is 0 Å². The number of rotatable bonds is 2. The maximum Gasteiger partial charge on any atom is 0.0722 e. The van der Waals surface area contributed by atoms with E-state index in [1.807, 2.05) is 19.1 Å². The van der Waals surface area contributed by atoms with Gasteiger partial charge in [0, 0.05) is 10.0 Å². The lowest BCUT2D eigenvalue weighted by molar-refractivity contribution is 0.232. The van der Waals surface area contributed by atoms with Crippen molar-refractivity contribution in [2.45, 2.75) is 20.0 Å². The van der Waals surface area contributed by atoms with Gasteiger partial charge in [0.1, 0.15) is 0 Å². The van der Waals surface area contributed by atoms with Crippen molar-refractivity contribution in [1.29, 1.82) is 0 Å². The summed E-state index contributed by atoms with van der Waals surface area (Å²) in [6, 6.07) is 5.29. The van der Waals surface area contributed by atoms with E-state index >= 15 is 0 Å². The molecule has 0 saturated heterocycles. The van der Waals surface area contributed by atoms with Gasteiger partial charge in [0.15, 0.2) is 0 Å². The van der Waals surface area contributed by atoms with E-state index in [9.17, 15) is 5.11 Å². The van der Waals surface area contributed by atoms with Crippen molar-refractivity contribution in [1.82, 2.24) is 0 Å². The maximum absolute atomic E-state index is 9.29. The van der Waals surface area contributed by atoms with Gasteiger partial charge < -0.3 is 5.11 Å². The van der Waals surface area contributed by atoms with Crippen LogP contribution in [0, 0.1) is 0 Å². The molecule has 1 unspecified atom stereocenters. The molecule has 1 atom stereocenters. The molecule has 0 aromatic heterocycles. The highest BCUT2D eigenvalue weighted by Crippen LogP contribution is 2.23. The van der Waals surface area contributed by atoms with Crippen molar-refractivity contribution in [3.63, 3.8) is 0 Å². The molecule has 1 N–H and O–H groups in total. The molecule has 1 aromatic rings. The minimum Gasteiger partial charge on any atom is -0.389 e. The first-order valence-corrected chi connectivity index (χ1v) is 5.07. The van der Waals surface area contributed by atoms with Gasteiger partial charge in [0.2, 0.25) is 0 Å². The summed E-state index contributed by atoms with van der Waals surface area (Å²) in [7, 11) is 0. The Hall–Kier alpha value is -0.500. The average Bonchev–Trinajstić information content (AvgIpc) is 2.09. The van der Waals surface area contributed by atoms with E-state index in [0.717, 1.165) is 11.1 Å². The lowest BCUT2D eigenvalue weighted by Gasteiger charge is -2.05. The molecule has 0 spiro atoms. The fraction of sp³-hybridized carbons (Fsp3) is 0.273. The number of aliphatic hydroxyl groups is 1. The molecule has 14 heavy (non-hydrogen) atoms. The lowest BCUT2D eigenvalue weighted by Crippen LogP contribution is -2.00. The van der Waals surface area contributed by atoms with Gasteiger partial charge in [0.25, 0.3) is 0 Å². The Bertz CT molecular complexity index is 356. The van der Waals surface area contributed by atoms with Crippen LogP contribution in [-0.2, 0) is 0 Å². The summed E-state index contributed by atoms with van der Waals surface area (Å²) in [5, 5.41) is 10.5. The molecule has 0 radical (unpaired) electrons. The van der Waals surface area contributed by atoms with E-state index in [2.05, 4.69) is 0 Å². The van der Waals surface area contributed by atoms with Crippen molar-refractivity contribution in [2.75, 3.05) is 0 Å². The van der Waals surface area contributed by atoms with Crippen LogP contribution in [0.15, 0.2) is 23.8 Å². The summed E-state index contributed by atoms with van der Waals surface area (Å²) in [4.78, 5) is 0. The Morgan fingerprint density at radius 1 is 1.43 bits per heavy atom. The van der Waals surface area contributed by atoms with Gasteiger partial charge in [-0.3, -0.25) is 0 Å². The summed E-state index contributed by atoms with van der Waals surface area (Å²) in [6.45, 7) is 3.57. The van der Waals surface area contributed by atoms with Crippen molar-refractivity contribution in [2.24, 2.45) is 0 Å². The highest BCUT2D eigenvalue weighted by atomic mass is 35.5.